The Morgan fingerprint density at radius 3 is 2.56 bits per heavy atom. The van der Waals surface area contributed by atoms with E-state index < -0.39 is 22.9 Å². The monoisotopic (exact) mass is 362 g/mol. The van der Waals surface area contributed by atoms with E-state index >= 15 is 0 Å². The van der Waals surface area contributed by atoms with Gasteiger partial charge in [0.2, 0.25) is 0 Å². The van der Waals surface area contributed by atoms with Crippen LogP contribution in [0.1, 0.15) is 12.5 Å². The number of nitrogens with one attached hydrogen (secondary N) is 1. The van der Waals surface area contributed by atoms with Crippen molar-refractivity contribution in [2.45, 2.75) is 19.4 Å². The van der Waals surface area contributed by atoms with Crippen LogP contribution in [0, 0.1) is 10.1 Å². The minimum atomic E-state index is -1.04. The van der Waals surface area contributed by atoms with Crippen LogP contribution in [0.2, 0.25) is 5.02 Å². The van der Waals surface area contributed by atoms with Crippen molar-refractivity contribution in [2.75, 3.05) is 5.32 Å². The summed E-state index contributed by atoms with van der Waals surface area (Å²) in [6, 6.07) is 12.2. The predicted molar refractivity (Wildman–Crippen MR) is 92.4 cm³/mol. The van der Waals surface area contributed by atoms with E-state index in [1.807, 2.05) is 0 Å². The molecule has 2 aromatic carbocycles. The lowest BCUT2D eigenvalue weighted by molar-refractivity contribution is -0.384. The van der Waals surface area contributed by atoms with Crippen molar-refractivity contribution in [1.82, 2.24) is 0 Å². The number of nitro benzene ring substituents is 1. The van der Waals surface area contributed by atoms with Crippen molar-refractivity contribution in [3.8, 4) is 0 Å². The van der Waals surface area contributed by atoms with Gasteiger partial charge in [0.1, 0.15) is 0 Å². The van der Waals surface area contributed by atoms with E-state index in [0.717, 1.165) is 0 Å². The van der Waals surface area contributed by atoms with Gasteiger partial charge in [0.05, 0.1) is 11.3 Å². The maximum atomic E-state index is 12.1. The third kappa shape index (κ3) is 5.58. The molecule has 0 aromatic heterocycles. The number of non-ortho nitro benzene ring substituents is 1. The number of nitrogens with zero attached hydrogens (tertiary/aromatic N) is 1. The Morgan fingerprint density at radius 1 is 1.24 bits per heavy atom. The summed E-state index contributed by atoms with van der Waals surface area (Å²) < 4.78 is 5.08. The molecule has 130 valence electrons. The predicted octanol–water partition coefficient (Wildman–Crippen LogP) is 3.36. The summed E-state index contributed by atoms with van der Waals surface area (Å²) in [5, 5.41) is 13.8. The zero-order valence-electron chi connectivity index (χ0n) is 13.3. The van der Waals surface area contributed by atoms with Gasteiger partial charge in [-0.15, -0.1) is 0 Å². The molecule has 0 unspecified atom stereocenters. The molecule has 0 radical (unpaired) electrons. The molecular formula is C17H15ClN2O5. The number of carbonyl (C=O) groups excluding carboxylic acids is 2. The fourth-order valence-electron chi connectivity index (χ4n) is 2.00. The van der Waals surface area contributed by atoms with Crippen molar-refractivity contribution in [1.29, 1.82) is 0 Å². The van der Waals surface area contributed by atoms with Gasteiger partial charge in [-0.25, -0.2) is 0 Å². The zero-order valence-corrected chi connectivity index (χ0v) is 14.0. The second-order valence-corrected chi connectivity index (χ2v) is 5.67. The number of hydrogen-bond donors (Lipinski definition) is 1. The van der Waals surface area contributed by atoms with Crippen LogP contribution in [0.3, 0.4) is 0 Å². The summed E-state index contributed by atoms with van der Waals surface area (Å²) in [7, 11) is 0. The molecule has 0 aliphatic carbocycles. The summed E-state index contributed by atoms with van der Waals surface area (Å²) in [5.74, 6) is -1.14. The summed E-state index contributed by atoms with van der Waals surface area (Å²) in [4.78, 5) is 34.1. The second-order valence-electron chi connectivity index (χ2n) is 5.23. The standard InChI is InChI=1S/C17H15ClN2O5/c1-11(25-16(21)9-12-5-7-13(18)8-6-12)17(22)19-14-3-2-4-15(10-14)20(23)24/h2-8,10-11H,9H2,1H3,(H,19,22)/t11-/m1/s1. The number of nitro groups is 1. The van der Waals surface area contributed by atoms with Gasteiger partial charge >= 0.3 is 5.97 Å². The van der Waals surface area contributed by atoms with Crippen LogP contribution in [0.25, 0.3) is 0 Å². The first-order chi connectivity index (χ1) is 11.8. The van der Waals surface area contributed by atoms with E-state index in [2.05, 4.69) is 5.32 Å². The van der Waals surface area contributed by atoms with Crippen LogP contribution in [-0.4, -0.2) is 22.9 Å². The Morgan fingerprint density at radius 2 is 1.92 bits per heavy atom. The highest BCUT2D eigenvalue weighted by atomic mass is 35.5. The number of esters is 1. The Kier molecular flexibility index (Phi) is 6.08. The highest BCUT2D eigenvalue weighted by molar-refractivity contribution is 6.30. The number of rotatable bonds is 6. The fourth-order valence-corrected chi connectivity index (χ4v) is 2.13. The molecule has 0 saturated heterocycles. The zero-order chi connectivity index (χ0) is 18.4. The Balaban J connectivity index is 1.91. The maximum Gasteiger partial charge on any atom is 0.311 e. The molecule has 0 saturated carbocycles. The van der Waals surface area contributed by atoms with Crippen molar-refractivity contribution in [3.63, 3.8) is 0 Å². The first-order valence-electron chi connectivity index (χ1n) is 7.34. The molecular weight excluding hydrogens is 348 g/mol. The molecule has 1 N–H and O–H groups in total. The smallest absolute Gasteiger partial charge is 0.311 e. The molecule has 0 fully saturated rings. The van der Waals surface area contributed by atoms with Gasteiger partial charge in [-0.1, -0.05) is 29.8 Å². The Bertz CT molecular complexity index is 792. The third-order valence-electron chi connectivity index (χ3n) is 3.26. The van der Waals surface area contributed by atoms with Gasteiger partial charge in [-0.2, -0.15) is 0 Å². The van der Waals surface area contributed by atoms with Crippen LogP contribution < -0.4 is 5.32 Å². The minimum absolute atomic E-state index is 0.00555. The molecule has 0 heterocycles. The molecule has 25 heavy (non-hydrogen) atoms. The number of halogens is 1. The molecule has 1 atom stereocenters. The Labute approximate surface area is 148 Å². The molecule has 0 bridgehead atoms. The molecule has 1 amide bonds. The maximum absolute atomic E-state index is 12.1. The average molecular weight is 363 g/mol. The minimum Gasteiger partial charge on any atom is -0.452 e. The van der Waals surface area contributed by atoms with Crippen LogP contribution in [-0.2, 0) is 20.7 Å². The van der Waals surface area contributed by atoms with Gasteiger partial charge in [-0.05, 0) is 30.7 Å². The van der Waals surface area contributed by atoms with Gasteiger partial charge in [-0.3, -0.25) is 19.7 Å². The Hall–Kier alpha value is -2.93. The first kappa shape index (κ1) is 18.4. The molecule has 0 spiro atoms. The first-order valence-corrected chi connectivity index (χ1v) is 7.72. The highest BCUT2D eigenvalue weighted by Gasteiger charge is 2.19. The molecule has 0 aliphatic rings. The van der Waals surface area contributed by atoms with Crippen molar-refractivity contribution < 1.29 is 19.2 Å². The topological polar surface area (TPSA) is 98.5 Å². The van der Waals surface area contributed by atoms with E-state index in [1.54, 1.807) is 24.3 Å². The lowest BCUT2D eigenvalue weighted by atomic mass is 10.1. The molecule has 7 nitrogen and oxygen atoms in total. The fraction of sp³-hybridized carbons (Fsp3) is 0.176. The second kappa shape index (κ2) is 8.25. The summed E-state index contributed by atoms with van der Waals surface area (Å²) in [5.41, 5.74) is 0.811. The van der Waals surface area contributed by atoms with E-state index in [-0.39, 0.29) is 17.8 Å². The third-order valence-corrected chi connectivity index (χ3v) is 3.52. The van der Waals surface area contributed by atoms with E-state index in [9.17, 15) is 19.7 Å². The number of carbonyl (C=O) groups is 2. The SMILES string of the molecule is C[C@@H](OC(=O)Cc1ccc(Cl)cc1)C(=O)Nc1cccc([N+](=O)[O-])c1. The number of anilines is 1. The number of benzene rings is 2. The lowest BCUT2D eigenvalue weighted by Crippen LogP contribution is -2.30. The van der Waals surface area contributed by atoms with E-state index in [0.29, 0.717) is 10.6 Å². The highest BCUT2D eigenvalue weighted by Crippen LogP contribution is 2.17. The summed E-state index contributed by atoms with van der Waals surface area (Å²) in [6.45, 7) is 1.42. The van der Waals surface area contributed by atoms with Gasteiger partial charge in [0.25, 0.3) is 11.6 Å². The van der Waals surface area contributed by atoms with Crippen LogP contribution >= 0.6 is 11.6 Å². The lowest BCUT2D eigenvalue weighted by Gasteiger charge is -2.13. The average Bonchev–Trinajstić information content (AvgIpc) is 2.57. The van der Waals surface area contributed by atoms with Crippen LogP contribution in [0.5, 0.6) is 0 Å². The quantitative estimate of drug-likeness (QED) is 0.482. The van der Waals surface area contributed by atoms with Crippen molar-refractivity contribution in [2.24, 2.45) is 0 Å². The number of ether oxygens (including phenoxy) is 1. The van der Waals surface area contributed by atoms with Crippen molar-refractivity contribution >= 4 is 34.9 Å². The van der Waals surface area contributed by atoms with Crippen molar-refractivity contribution in [3.05, 3.63) is 69.2 Å². The summed E-state index contributed by atoms with van der Waals surface area (Å²) in [6.07, 6.45) is -1.04. The molecule has 2 aromatic rings. The van der Waals surface area contributed by atoms with Gasteiger partial charge in [0.15, 0.2) is 6.10 Å². The largest absolute Gasteiger partial charge is 0.452 e. The van der Waals surface area contributed by atoms with Crippen LogP contribution in [0.4, 0.5) is 11.4 Å². The van der Waals surface area contributed by atoms with Crippen LogP contribution in [0.15, 0.2) is 48.5 Å². The number of amides is 1. The van der Waals surface area contributed by atoms with Gasteiger partial charge in [0, 0.05) is 22.8 Å². The number of hydrogen-bond acceptors (Lipinski definition) is 5. The van der Waals surface area contributed by atoms with E-state index in [1.165, 1.54) is 31.2 Å². The van der Waals surface area contributed by atoms with E-state index in [4.69, 9.17) is 16.3 Å². The molecule has 0 aliphatic heterocycles. The molecule has 8 heteroatoms. The van der Waals surface area contributed by atoms with Gasteiger partial charge < -0.3 is 10.1 Å². The molecule has 2 rings (SSSR count). The normalized spacial score (nSPS) is 11.4. The summed E-state index contributed by atoms with van der Waals surface area (Å²) >= 11 is 5.77.